The highest BCUT2D eigenvalue weighted by Crippen LogP contribution is 2.43. The highest BCUT2D eigenvalue weighted by atomic mass is 16.2. The summed E-state index contributed by atoms with van der Waals surface area (Å²) < 4.78 is 3.47. The number of carbonyl (C=O) groups is 1. The normalized spacial score (nSPS) is 19.6. The van der Waals surface area contributed by atoms with E-state index >= 15 is 0 Å². The minimum atomic E-state index is -0.548. The number of pyridine rings is 1. The molecule has 3 aromatic heterocycles. The summed E-state index contributed by atoms with van der Waals surface area (Å²) in [5.41, 5.74) is 1.43. The van der Waals surface area contributed by atoms with Gasteiger partial charge in [0, 0.05) is 6.20 Å². The van der Waals surface area contributed by atoms with E-state index in [1.54, 1.807) is 15.3 Å². The number of aromatic nitrogens is 5. The van der Waals surface area contributed by atoms with E-state index in [1.165, 1.54) is 6.42 Å². The van der Waals surface area contributed by atoms with Gasteiger partial charge < -0.3 is 5.32 Å². The van der Waals surface area contributed by atoms with Crippen molar-refractivity contribution in [3.05, 3.63) is 48.2 Å². The third kappa shape index (κ3) is 3.16. The van der Waals surface area contributed by atoms with E-state index in [4.69, 9.17) is 0 Å². The zero-order valence-electron chi connectivity index (χ0n) is 16.2. The van der Waals surface area contributed by atoms with Gasteiger partial charge in [-0.2, -0.15) is 5.26 Å². The van der Waals surface area contributed by atoms with E-state index in [-0.39, 0.29) is 11.9 Å². The summed E-state index contributed by atoms with van der Waals surface area (Å²) in [5.74, 6) is 0.143. The fraction of sp³-hybridized carbons (Fsp3) is 0.476. The summed E-state index contributed by atoms with van der Waals surface area (Å²) in [6, 6.07) is 7.78. The Kier molecular flexibility index (Phi) is 4.31. The van der Waals surface area contributed by atoms with Crippen molar-refractivity contribution in [2.45, 2.75) is 56.5 Å². The number of amides is 1. The average molecular weight is 389 g/mol. The smallest absolute Gasteiger partial charge is 0.270 e. The Morgan fingerprint density at radius 3 is 2.86 bits per heavy atom. The van der Waals surface area contributed by atoms with E-state index in [0.717, 1.165) is 49.9 Å². The molecule has 0 bridgehead atoms. The van der Waals surface area contributed by atoms with Crippen molar-refractivity contribution >= 4 is 11.6 Å². The lowest BCUT2D eigenvalue weighted by Crippen LogP contribution is -2.35. The number of carbonyl (C=O) groups excluding carboxylic acids is 1. The first kappa shape index (κ1) is 17.9. The van der Waals surface area contributed by atoms with Crippen LogP contribution >= 0.6 is 0 Å². The molecule has 0 saturated heterocycles. The minimum Gasteiger partial charge on any atom is -0.342 e. The zero-order valence-corrected chi connectivity index (χ0v) is 16.2. The lowest BCUT2D eigenvalue weighted by atomic mass is 9.82. The highest BCUT2D eigenvalue weighted by molar-refractivity contribution is 5.93. The number of nitrogens with zero attached hydrogens (tertiary/aromatic N) is 6. The Hall–Kier alpha value is -3.21. The van der Waals surface area contributed by atoms with Gasteiger partial charge in [-0.05, 0) is 43.7 Å². The molecular formula is C21H23N7O. The topological polar surface area (TPSA) is 101 Å². The molecule has 0 aromatic carbocycles. The second-order valence-electron chi connectivity index (χ2n) is 8.15. The molecule has 3 aromatic rings. The summed E-state index contributed by atoms with van der Waals surface area (Å²) in [5, 5.41) is 21.3. The van der Waals surface area contributed by atoms with E-state index in [0.29, 0.717) is 11.6 Å². The predicted octanol–water partition coefficient (Wildman–Crippen LogP) is 2.99. The molecule has 8 nitrogen and oxygen atoms in total. The van der Waals surface area contributed by atoms with Crippen LogP contribution in [0.2, 0.25) is 0 Å². The molecule has 0 spiro atoms. The lowest BCUT2D eigenvalue weighted by molar-refractivity contribution is 0.0905. The molecule has 0 radical (unpaired) electrons. The maximum absolute atomic E-state index is 13.1. The molecule has 5 rings (SSSR count). The van der Waals surface area contributed by atoms with Gasteiger partial charge in [-0.15, -0.1) is 5.10 Å². The third-order valence-electron chi connectivity index (χ3n) is 6.26. The van der Waals surface area contributed by atoms with E-state index in [2.05, 4.69) is 26.7 Å². The number of hydrogen-bond acceptors (Lipinski definition) is 5. The Morgan fingerprint density at radius 1 is 1.28 bits per heavy atom. The Balaban J connectivity index is 1.45. The molecule has 29 heavy (non-hydrogen) atoms. The van der Waals surface area contributed by atoms with Crippen LogP contribution in [-0.2, 0) is 5.54 Å². The molecule has 2 aliphatic rings. The molecule has 1 atom stereocenters. The third-order valence-corrected chi connectivity index (χ3v) is 6.26. The van der Waals surface area contributed by atoms with Gasteiger partial charge in [0.25, 0.3) is 5.91 Å². The largest absolute Gasteiger partial charge is 0.342 e. The van der Waals surface area contributed by atoms with E-state index < -0.39 is 5.54 Å². The first-order chi connectivity index (χ1) is 14.2. The highest BCUT2D eigenvalue weighted by Gasteiger charge is 2.47. The van der Waals surface area contributed by atoms with Crippen LogP contribution in [-0.4, -0.2) is 30.3 Å². The van der Waals surface area contributed by atoms with Crippen molar-refractivity contribution in [2.75, 3.05) is 0 Å². The SMILES string of the molecule is N#CC1(n2cc([C@@H](NC(=O)c3cnc4ccccn34)C3CCCCC3)nn2)CC1. The van der Waals surface area contributed by atoms with Crippen LogP contribution in [0.3, 0.4) is 0 Å². The standard InChI is InChI=1S/C21H23N7O/c22-14-21(9-10-21)28-13-16(25-26-28)19(15-6-2-1-3-7-15)24-20(29)17-12-23-18-8-4-5-11-27(17)18/h4-5,8,11-13,15,19H,1-3,6-7,9-10H2,(H,24,29)/t19-/m0/s1. The molecule has 2 fully saturated rings. The number of nitriles is 1. The van der Waals surface area contributed by atoms with Crippen LogP contribution in [0.4, 0.5) is 0 Å². The van der Waals surface area contributed by atoms with Crippen molar-refractivity contribution < 1.29 is 4.79 Å². The molecule has 0 aliphatic heterocycles. The number of hydrogen-bond donors (Lipinski definition) is 1. The maximum Gasteiger partial charge on any atom is 0.270 e. The molecule has 8 heteroatoms. The summed E-state index contributed by atoms with van der Waals surface area (Å²) in [4.78, 5) is 17.5. The van der Waals surface area contributed by atoms with Crippen molar-refractivity contribution in [1.82, 2.24) is 29.7 Å². The number of imidazole rings is 1. The van der Waals surface area contributed by atoms with E-state index in [9.17, 15) is 10.1 Å². The van der Waals surface area contributed by atoms with Gasteiger partial charge in [-0.25, -0.2) is 9.67 Å². The molecule has 2 aliphatic carbocycles. The van der Waals surface area contributed by atoms with E-state index in [1.807, 2.05) is 30.6 Å². The lowest BCUT2D eigenvalue weighted by Gasteiger charge is -2.29. The summed E-state index contributed by atoms with van der Waals surface area (Å²) in [6.45, 7) is 0. The van der Waals surface area contributed by atoms with Crippen molar-refractivity contribution in [1.29, 1.82) is 5.26 Å². The quantitative estimate of drug-likeness (QED) is 0.723. The molecule has 2 saturated carbocycles. The number of fused-ring (bicyclic) bond motifs is 1. The summed E-state index contributed by atoms with van der Waals surface area (Å²) in [7, 11) is 0. The monoisotopic (exact) mass is 389 g/mol. The van der Waals surface area contributed by atoms with Gasteiger partial charge in [-0.1, -0.05) is 30.5 Å². The maximum atomic E-state index is 13.1. The Morgan fingerprint density at radius 2 is 2.10 bits per heavy atom. The fourth-order valence-electron chi connectivity index (χ4n) is 4.36. The molecule has 0 unspecified atom stereocenters. The summed E-state index contributed by atoms with van der Waals surface area (Å²) in [6.07, 6.45) is 12.5. The molecular weight excluding hydrogens is 366 g/mol. The van der Waals surface area contributed by atoms with Crippen LogP contribution < -0.4 is 5.32 Å². The Labute approximate surface area is 168 Å². The predicted molar refractivity (Wildman–Crippen MR) is 105 cm³/mol. The molecule has 1 amide bonds. The average Bonchev–Trinajstić information content (AvgIpc) is 3.20. The van der Waals surface area contributed by atoms with Gasteiger partial charge in [-0.3, -0.25) is 9.20 Å². The number of rotatable bonds is 5. The first-order valence-electron chi connectivity index (χ1n) is 10.3. The molecule has 3 heterocycles. The van der Waals surface area contributed by atoms with Gasteiger partial charge >= 0.3 is 0 Å². The van der Waals surface area contributed by atoms with Crippen LogP contribution in [0.25, 0.3) is 5.65 Å². The van der Waals surface area contributed by atoms with Gasteiger partial charge in [0.05, 0.1) is 24.5 Å². The first-order valence-corrected chi connectivity index (χ1v) is 10.3. The van der Waals surface area contributed by atoms with Crippen LogP contribution in [0, 0.1) is 17.2 Å². The van der Waals surface area contributed by atoms with Gasteiger partial charge in [0.1, 0.15) is 17.0 Å². The second kappa shape index (κ2) is 6.99. The fourth-order valence-corrected chi connectivity index (χ4v) is 4.36. The summed E-state index contributed by atoms with van der Waals surface area (Å²) >= 11 is 0. The van der Waals surface area contributed by atoms with Crippen LogP contribution in [0.15, 0.2) is 36.8 Å². The van der Waals surface area contributed by atoms with Crippen molar-refractivity contribution in [3.8, 4) is 6.07 Å². The van der Waals surface area contributed by atoms with Gasteiger partial charge in [0.2, 0.25) is 0 Å². The van der Waals surface area contributed by atoms with Crippen molar-refractivity contribution in [3.63, 3.8) is 0 Å². The number of nitrogens with one attached hydrogen (secondary N) is 1. The van der Waals surface area contributed by atoms with Crippen molar-refractivity contribution in [2.24, 2.45) is 5.92 Å². The minimum absolute atomic E-state index is 0.171. The van der Waals surface area contributed by atoms with Crippen LogP contribution in [0.5, 0.6) is 0 Å². The second-order valence-corrected chi connectivity index (χ2v) is 8.15. The molecule has 148 valence electrons. The Bertz CT molecular complexity index is 1080. The van der Waals surface area contributed by atoms with Crippen LogP contribution in [0.1, 0.15) is 67.2 Å². The zero-order chi connectivity index (χ0) is 19.8. The molecule has 1 N–H and O–H groups in total. The van der Waals surface area contributed by atoms with Gasteiger partial charge in [0.15, 0.2) is 5.54 Å².